The van der Waals surface area contributed by atoms with Crippen molar-refractivity contribution in [2.45, 2.75) is 66.9 Å². The average Bonchev–Trinajstić information content (AvgIpc) is 0.791. The highest BCUT2D eigenvalue weighted by Crippen LogP contribution is 2.46. The van der Waals surface area contributed by atoms with Crippen molar-refractivity contribution < 1.29 is 117 Å². The quantitative estimate of drug-likeness (QED) is 0.0138. The van der Waals surface area contributed by atoms with E-state index in [2.05, 4.69) is 18.9 Å². The summed E-state index contributed by atoms with van der Waals surface area (Å²) in [5, 5.41) is 81.4. The van der Waals surface area contributed by atoms with E-state index in [9.17, 15) is 77.7 Å². The minimum absolute atomic E-state index is 0.0488. The summed E-state index contributed by atoms with van der Waals surface area (Å²) in [4.78, 5) is 44.5. The van der Waals surface area contributed by atoms with Crippen molar-refractivity contribution in [3.63, 3.8) is 0 Å². The molecule has 0 amide bonds. The number of ether oxygens (including phenoxy) is 4. The largest absolute Gasteiger partial charge is 0.506 e. The lowest BCUT2D eigenvalue weighted by atomic mass is 10.1. The maximum atomic E-state index is 13.6. The van der Waals surface area contributed by atoms with E-state index in [0.717, 1.165) is 65.2 Å². The molecule has 0 radical (unpaired) electrons. The second-order valence-electron chi connectivity index (χ2n) is 25.3. The van der Waals surface area contributed by atoms with Gasteiger partial charge in [-0.2, -0.15) is 0 Å². The van der Waals surface area contributed by atoms with Crippen molar-refractivity contribution in [3.8, 4) is 46.0 Å². The van der Waals surface area contributed by atoms with Gasteiger partial charge in [0.25, 0.3) is 40.1 Å². The number of thioether (sulfide) groups is 4. The van der Waals surface area contributed by atoms with Crippen LogP contribution in [-0.2, 0) is 59.3 Å². The zero-order chi connectivity index (χ0) is 86.7. The molecule has 0 fully saturated rings. The Kier molecular flexibility index (Phi) is 31.4. The number of hydrogen-bond acceptors (Lipinski definition) is 24. The van der Waals surface area contributed by atoms with Gasteiger partial charge in [-0.25, -0.2) is 38.1 Å². The Morgan fingerprint density at radius 3 is 0.933 bits per heavy atom. The van der Waals surface area contributed by atoms with E-state index < -0.39 is 69.8 Å². The molecule has 626 valence electrons. The summed E-state index contributed by atoms with van der Waals surface area (Å²) >= 11 is 9.63. The van der Waals surface area contributed by atoms with Crippen LogP contribution in [0.15, 0.2) is 245 Å². The molecule has 0 bridgehead atoms. The molecule has 0 aliphatic rings. The number of carbonyl (C=O) groups is 4. The lowest BCUT2D eigenvalue weighted by molar-refractivity contribution is -0.134. The van der Waals surface area contributed by atoms with Gasteiger partial charge in [0, 0.05) is 55.2 Å². The monoisotopic (exact) mass is 1800 g/mol. The molecule has 0 saturated heterocycles. The van der Waals surface area contributed by atoms with E-state index in [4.69, 9.17) is 51.0 Å². The molecule has 119 heavy (non-hydrogen) atoms. The number of nitrogens with one attached hydrogen (secondary N) is 4. The highest BCUT2D eigenvalue weighted by atomic mass is 35.5. The van der Waals surface area contributed by atoms with Gasteiger partial charge in [-0.3, -0.25) is 38.1 Å². The summed E-state index contributed by atoms with van der Waals surface area (Å²) in [5.41, 5.74) is 0.861. The Balaban J connectivity index is 0.000000181. The molecule has 0 unspecified atom stereocenters. The van der Waals surface area contributed by atoms with Crippen LogP contribution in [0.1, 0.15) is 27.7 Å². The molecule has 0 aliphatic heterocycles. The van der Waals surface area contributed by atoms with Gasteiger partial charge in [-0.15, -0.1) is 47.0 Å². The molecule has 12 aromatic carbocycles. The van der Waals surface area contributed by atoms with Gasteiger partial charge in [-0.05, 0) is 117 Å². The predicted molar refractivity (Wildman–Crippen MR) is 459 cm³/mol. The number of methoxy groups -OCH3 is 1. The third-order valence-corrected chi connectivity index (χ3v) is 26.3. The van der Waals surface area contributed by atoms with Crippen molar-refractivity contribution >= 4 is 188 Å². The lowest BCUT2D eigenvalue weighted by Crippen LogP contribution is -2.13. The molecular weight excluding hydrogens is 1720 g/mol. The van der Waals surface area contributed by atoms with Gasteiger partial charge in [0.1, 0.15) is 40.2 Å². The van der Waals surface area contributed by atoms with E-state index in [1.54, 1.807) is 128 Å². The van der Waals surface area contributed by atoms with E-state index in [1.165, 1.54) is 73.8 Å². The molecule has 28 nitrogen and oxygen atoms in total. The number of carboxylic acid groups (broad SMARTS) is 4. The molecule has 12 rings (SSSR count). The van der Waals surface area contributed by atoms with Crippen LogP contribution in [0.4, 0.5) is 27.1 Å². The number of fused-ring (bicyclic) bond motifs is 4. The van der Waals surface area contributed by atoms with Gasteiger partial charge in [0.15, 0.2) is 11.6 Å². The summed E-state index contributed by atoms with van der Waals surface area (Å²) in [6.07, 6.45) is 0. The molecule has 0 spiro atoms. The van der Waals surface area contributed by atoms with Gasteiger partial charge < -0.3 is 59.8 Å². The second-order valence-corrected chi connectivity index (χ2v) is 36.5. The zero-order valence-electron chi connectivity index (χ0n) is 63.3. The maximum Gasteiger partial charge on any atom is 0.313 e. The van der Waals surface area contributed by atoms with Gasteiger partial charge in [-0.1, -0.05) is 123 Å². The average molecular weight is 1800 g/mol. The smallest absolute Gasteiger partial charge is 0.313 e. The van der Waals surface area contributed by atoms with E-state index in [1.807, 2.05) is 20.8 Å². The van der Waals surface area contributed by atoms with Gasteiger partial charge in [0.2, 0.25) is 0 Å². The Hall–Kier alpha value is -11.4. The Labute approximate surface area is 704 Å². The van der Waals surface area contributed by atoms with Gasteiger partial charge >= 0.3 is 23.9 Å². The van der Waals surface area contributed by atoms with Crippen LogP contribution in [0, 0.1) is 11.7 Å². The number of sulfonamides is 4. The number of halogens is 2. The fraction of sp³-hybridized carbons (Fsp3) is 0.160. The number of aromatic hydroxyl groups is 4. The molecule has 12 aromatic rings. The molecule has 0 aromatic heterocycles. The number of phenolic OH excluding ortho intramolecular Hbond substituents is 4. The Morgan fingerprint density at radius 1 is 0.378 bits per heavy atom. The van der Waals surface area contributed by atoms with Crippen molar-refractivity contribution in [2.75, 3.05) is 68.8 Å². The molecule has 0 heterocycles. The highest BCUT2D eigenvalue weighted by Gasteiger charge is 2.26. The second kappa shape index (κ2) is 40.8. The minimum atomic E-state index is -4.12. The zero-order valence-corrected chi connectivity index (χ0v) is 70.6. The van der Waals surface area contributed by atoms with E-state index in [0.29, 0.717) is 85.4 Å². The van der Waals surface area contributed by atoms with Crippen LogP contribution in [-0.4, -0.2) is 148 Å². The van der Waals surface area contributed by atoms with Crippen LogP contribution < -0.4 is 37.8 Å². The molecule has 38 heteroatoms. The predicted octanol–water partition coefficient (Wildman–Crippen LogP) is 16.7. The van der Waals surface area contributed by atoms with Crippen molar-refractivity contribution in [2.24, 2.45) is 5.92 Å². The maximum absolute atomic E-state index is 13.6. The highest BCUT2D eigenvalue weighted by molar-refractivity contribution is 8.01. The first-order chi connectivity index (χ1) is 56.4. The molecule has 0 atom stereocenters. The number of benzene rings is 12. The topological polar surface area (TPSA) is 452 Å². The van der Waals surface area contributed by atoms with Crippen LogP contribution >= 0.6 is 58.6 Å². The van der Waals surface area contributed by atoms with Crippen LogP contribution in [0.3, 0.4) is 0 Å². The molecular formula is C81H76ClFN4O24S8. The summed E-state index contributed by atoms with van der Waals surface area (Å²) in [5.74, 6) is -4.96. The number of anilines is 4. The molecule has 12 N–H and O–H groups in total. The third kappa shape index (κ3) is 24.2. The fourth-order valence-corrected chi connectivity index (χ4v) is 18.5. The first-order valence-electron chi connectivity index (χ1n) is 35.1. The summed E-state index contributed by atoms with van der Waals surface area (Å²) in [6, 6.07) is 51.8. The first-order valence-corrected chi connectivity index (χ1v) is 45.4. The summed E-state index contributed by atoms with van der Waals surface area (Å²) in [6.45, 7) is 8.96. The Morgan fingerprint density at radius 2 is 0.647 bits per heavy atom. The third-order valence-electron chi connectivity index (χ3n) is 16.4. The SMILES string of the molecule is CC(C)COc1ccc(S(=O)(=O)Nc2cc(SCC(=O)O)c(O)c3ccccc23)cc1.CCOc1cc(S(=O)(=O)Nc2cc(SCC(=O)O)c(O)c3ccccc23)ccc1Cl.CCOc1ccc(S(=O)(=O)Nc2cc(SCC(=O)O)c(O)c3ccccc23)cc1.COc1cc(S(=O)(=O)Nc2cc(SCC(=O)O)c(O)c3ccccc23)ccc1F. The minimum Gasteiger partial charge on any atom is -0.506 e. The number of hydrogen-bond donors (Lipinski definition) is 12. The summed E-state index contributed by atoms with van der Waals surface area (Å²) < 4.78 is 148. The number of rotatable bonds is 32. The number of phenols is 4. The summed E-state index contributed by atoms with van der Waals surface area (Å²) in [7, 11) is -14.8. The standard InChI is InChI=1S/C22H23NO6S2.C20H18ClNO6S2.C20H19NO6S2.C19H16FNO6S2/c1-14(2)12-29-15-7-9-16(10-8-15)31(27,28)23-19-11-20(30-13-21(24)25)22(26)18-6-4-3-5-17(18)19;1-2-28-17-9-12(7-8-15(17)21)30(26,27)22-16-10-18(29-11-19(23)24)20(25)14-6-4-3-5-13(14)16;1-2-27-13-7-9-14(10-8-13)29(25,26)21-17-11-18(28-12-19(22)23)20(24)16-6-4-3-5-15(16)17;1-27-16-8-11(6-7-14(16)20)29(25,26)21-15-9-17(28-10-18(22)23)19(24)13-5-3-2-4-12(13)15/h3-11,14,23,26H,12-13H2,1-2H3,(H,24,25);3-10,22,25H,2,11H2,1H3,(H,23,24);3-11,21,24H,2,12H2,1H3,(H,22,23);2-9,21,24H,10H2,1H3,(H,22,23). The Bertz CT molecular complexity index is 6260. The van der Waals surface area contributed by atoms with E-state index >= 15 is 0 Å². The van der Waals surface area contributed by atoms with Crippen molar-refractivity contribution in [1.82, 2.24) is 0 Å². The lowest BCUT2D eigenvalue weighted by Gasteiger charge is -2.15. The van der Waals surface area contributed by atoms with E-state index in [-0.39, 0.29) is 119 Å². The molecule has 0 saturated carbocycles. The van der Waals surface area contributed by atoms with Crippen molar-refractivity contribution in [3.05, 3.63) is 217 Å². The van der Waals surface area contributed by atoms with Gasteiger partial charge in [0.05, 0.1) is 117 Å². The normalized spacial score (nSPS) is 11.4. The molecule has 0 aliphatic carbocycles. The van der Waals surface area contributed by atoms with Crippen LogP contribution in [0.5, 0.6) is 46.0 Å². The fourth-order valence-electron chi connectivity index (χ4n) is 11.1. The first kappa shape index (κ1) is 91.5. The van der Waals surface area contributed by atoms with Crippen LogP contribution in [0.2, 0.25) is 5.02 Å². The number of carboxylic acids is 4. The van der Waals surface area contributed by atoms with Crippen LogP contribution in [0.25, 0.3) is 43.1 Å². The number of aliphatic carboxylic acids is 4. The van der Waals surface area contributed by atoms with Crippen molar-refractivity contribution in [1.29, 1.82) is 0 Å².